The van der Waals surface area contributed by atoms with Crippen LogP contribution in [0.15, 0.2) is 40.9 Å². The van der Waals surface area contributed by atoms with Crippen molar-refractivity contribution < 1.29 is 13.5 Å². The van der Waals surface area contributed by atoms with Crippen molar-refractivity contribution in [1.29, 1.82) is 0 Å². The monoisotopic (exact) mass is 346 g/mol. The fraction of sp³-hybridized carbons (Fsp3) is 0.143. The normalized spacial score (nSPS) is 10.5. The largest absolute Gasteiger partial charge is 0.488 e. The van der Waals surface area contributed by atoms with Gasteiger partial charge in [0, 0.05) is 15.6 Å². The minimum Gasteiger partial charge on any atom is -0.488 e. The van der Waals surface area contributed by atoms with Crippen LogP contribution < -0.4 is 4.74 Å². The van der Waals surface area contributed by atoms with Gasteiger partial charge in [0.2, 0.25) is 0 Å². The Morgan fingerprint density at radius 3 is 2.63 bits per heavy atom. The van der Waals surface area contributed by atoms with Gasteiger partial charge in [-0.1, -0.05) is 28.1 Å². The zero-order chi connectivity index (χ0) is 13.8. The molecular formula is C14H10BrClF2O. The molecular weight excluding hydrogens is 338 g/mol. The molecule has 1 nitrogen and oxygen atoms in total. The second-order valence-electron chi connectivity index (χ2n) is 3.89. The van der Waals surface area contributed by atoms with Crippen molar-refractivity contribution in [3.05, 3.63) is 63.6 Å². The van der Waals surface area contributed by atoms with Crippen LogP contribution in [0.25, 0.3) is 0 Å². The molecule has 100 valence electrons. The predicted octanol–water partition coefficient (Wildman–Crippen LogP) is 5.05. The van der Waals surface area contributed by atoms with Crippen LogP contribution in [0.2, 0.25) is 0 Å². The fourth-order valence-electron chi connectivity index (χ4n) is 1.61. The van der Waals surface area contributed by atoms with Crippen molar-refractivity contribution in [3.63, 3.8) is 0 Å². The van der Waals surface area contributed by atoms with E-state index < -0.39 is 11.6 Å². The summed E-state index contributed by atoms with van der Waals surface area (Å²) in [5, 5.41) is 0. The molecule has 0 saturated heterocycles. The number of benzene rings is 2. The van der Waals surface area contributed by atoms with Crippen LogP contribution >= 0.6 is 27.5 Å². The third-order valence-electron chi connectivity index (χ3n) is 2.58. The van der Waals surface area contributed by atoms with Crippen LogP contribution in [-0.2, 0) is 12.5 Å². The van der Waals surface area contributed by atoms with Gasteiger partial charge < -0.3 is 4.74 Å². The molecule has 0 unspecified atom stereocenters. The summed E-state index contributed by atoms with van der Waals surface area (Å²) in [4.78, 5) is 0. The summed E-state index contributed by atoms with van der Waals surface area (Å²) in [6.07, 6.45) is 0. The molecule has 19 heavy (non-hydrogen) atoms. The van der Waals surface area contributed by atoms with E-state index in [-0.39, 0.29) is 18.1 Å². The van der Waals surface area contributed by atoms with Gasteiger partial charge in [-0.2, -0.15) is 0 Å². The molecule has 0 heterocycles. The van der Waals surface area contributed by atoms with Crippen molar-refractivity contribution in [2.45, 2.75) is 12.5 Å². The summed E-state index contributed by atoms with van der Waals surface area (Å²) in [5.74, 6) is -0.927. The summed E-state index contributed by atoms with van der Waals surface area (Å²) in [6.45, 7) is -0.0465. The summed E-state index contributed by atoms with van der Waals surface area (Å²) in [6, 6.07) is 9.36. The molecule has 0 aliphatic heterocycles. The Hall–Kier alpha value is -1.13. The van der Waals surface area contributed by atoms with Crippen molar-refractivity contribution in [3.8, 4) is 5.75 Å². The van der Waals surface area contributed by atoms with Crippen LogP contribution in [0.4, 0.5) is 8.78 Å². The van der Waals surface area contributed by atoms with Crippen molar-refractivity contribution in [1.82, 2.24) is 0 Å². The van der Waals surface area contributed by atoms with E-state index in [1.165, 1.54) is 12.1 Å². The van der Waals surface area contributed by atoms with Gasteiger partial charge in [-0.25, -0.2) is 8.78 Å². The van der Waals surface area contributed by atoms with E-state index in [2.05, 4.69) is 15.9 Å². The Kier molecular flexibility index (Phi) is 4.77. The molecule has 0 aliphatic rings. The smallest absolute Gasteiger partial charge is 0.165 e. The minimum atomic E-state index is -0.882. The number of halogens is 4. The van der Waals surface area contributed by atoms with Crippen molar-refractivity contribution in [2.24, 2.45) is 0 Å². The van der Waals surface area contributed by atoms with Gasteiger partial charge in [-0.15, -0.1) is 11.6 Å². The van der Waals surface area contributed by atoms with Gasteiger partial charge in [0.05, 0.1) is 5.88 Å². The van der Waals surface area contributed by atoms with E-state index in [1.54, 1.807) is 12.1 Å². The number of hydrogen-bond donors (Lipinski definition) is 0. The van der Waals surface area contributed by atoms with Crippen LogP contribution in [0.1, 0.15) is 11.1 Å². The fourth-order valence-corrected chi connectivity index (χ4v) is 2.23. The highest BCUT2D eigenvalue weighted by Gasteiger charge is 2.09. The lowest BCUT2D eigenvalue weighted by atomic mass is 10.2. The zero-order valence-corrected chi connectivity index (χ0v) is 12.1. The minimum absolute atomic E-state index is 0.0465. The van der Waals surface area contributed by atoms with Gasteiger partial charge in [0.25, 0.3) is 0 Å². The van der Waals surface area contributed by atoms with Crippen LogP contribution in [0.5, 0.6) is 5.75 Å². The maximum Gasteiger partial charge on any atom is 0.165 e. The van der Waals surface area contributed by atoms with Gasteiger partial charge in [-0.3, -0.25) is 0 Å². The number of ether oxygens (including phenoxy) is 1. The molecule has 0 N–H and O–H groups in total. The topological polar surface area (TPSA) is 9.23 Å². The first-order chi connectivity index (χ1) is 9.11. The van der Waals surface area contributed by atoms with Crippen molar-refractivity contribution >= 4 is 27.5 Å². The van der Waals surface area contributed by atoms with E-state index in [4.69, 9.17) is 16.3 Å². The number of rotatable bonds is 4. The maximum absolute atomic E-state index is 13.5. The van der Waals surface area contributed by atoms with Crippen LogP contribution in [0.3, 0.4) is 0 Å². The average Bonchev–Trinajstić information content (AvgIpc) is 2.41. The molecule has 0 aromatic heterocycles. The number of hydrogen-bond acceptors (Lipinski definition) is 1. The van der Waals surface area contributed by atoms with Crippen molar-refractivity contribution in [2.75, 3.05) is 0 Å². The third kappa shape index (κ3) is 3.45. The zero-order valence-electron chi connectivity index (χ0n) is 9.80. The van der Waals surface area contributed by atoms with Gasteiger partial charge in [0.1, 0.15) is 12.4 Å². The molecule has 5 heteroatoms. The van der Waals surface area contributed by atoms with E-state index in [0.29, 0.717) is 5.75 Å². The lowest BCUT2D eigenvalue weighted by Gasteiger charge is -2.11. The maximum atomic E-state index is 13.5. The lowest BCUT2D eigenvalue weighted by molar-refractivity contribution is 0.295. The first-order valence-corrected chi connectivity index (χ1v) is 6.84. The summed E-state index contributed by atoms with van der Waals surface area (Å²) < 4.78 is 32.9. The average molecular weight is 348 g/mol. The lowest BCUT2D eigenvalue weighted by Crippen LogP contribution is -2.01. The molecule has 0 bridgehead atoms. The Balaban J connectivity index is 2.17. The van der Waals surface area contributed by atoms with E-state index in [0.717, 1.165) is 16.1 Å². The van der Waals surface area contributed by atoms with Gasteiger partial charge in [0.15, 0.2) is 11.6 Å². The summed E-state index contributed by atoms with van der Waals surface area (Å²) >= 11 is 9.14. The number of alkyl halides is 1. The van der Waals surface area contributed by atoms with E-state index in [9.17, 15) is 8.78 Å². The quantitative estimate of drug-likeness (QED) is 0.704. The Labute approximate surface area is 123 Å². The molecule has 0 saturated carbocycles. The van der Waals surface area contributed by atoms with E-state index in [1.807, 2.05) is 6.07 Å². The third-order valence-corrected chi connectivity index (χ3v) is 3.36. The molecule has 2 rings (SSSR count). The highest BCUT2D eigenvalue weighted by Crippen LogP contribution is 2.26. The highest BCUT2D eigenvalue weighted by molar-refractivity contribution is 9.10. The first-order valence-electron chi connectivity index (χ1n) is 5.52. The Morgan fingerprint density at radius 2 is 1.89 bits per heavy atom. The van der Waals surface area contributed by atoms with Gasteiger partial charge in [-0.05, 0) is 24.3 Å². The second-order valence-corrected chi connectivity index (χ2v) is 5.07. The molecule has 0 radical (unpaired) electrons. The molecule has 0 aliphatic carbocycles. The van der Waals surface area contributed by atoms with Crippen LogP contribution in [0, 0.1) is 11.6 Å². The molecule has 0 atom stereocenters. The molecule has 0 amide bonds. The first kappa shape index (κ1) is 14.3. The summed E-state index contributed by atoms with van der Waals surface area (Å²) in [7, 11) is 0. The predicted molar refractivity (Wildman–Crippen MR) is 74.4 cm³/mol. The molecule has 2 aromatic rings. The SMILES string of the molecule is Fc1cccc(COc2ccc(Br)cc2CCl)c1F. The highest BCUT2D eigenvalue weighted by atomic mass is 79.9. The standard InChI is InChI=1S/C14H10BrClF2O/c15-11-4-5-13(10(6-11)7-16)19-8-9-2-1-3-12(17)14(9)18/h1-6H,7-8H2. The molecule has 2 aromatic carbocycles. The molecule has 0 spiro atoms. The summed E-state index contributed by atoms with van der Waals surface area (Å²) in [5.41, 5.74) is 0.955. The van der Waals surface area contributed by atoms with Crippen LogP contribution in [-0.4, -0.2) is 0 Å². The molecule has 0 fully saturated rings. The Bertz CT molecular complexity index is 590. The van der Waals surface area contributed by atoms with Gasteiger partial charge >= 0.3 is 0 Å². The Morgan fingerprint density at radius 1 is 1.11 bits per heavy atom. The van der Waals surface area contributed by atoms with E-state index >= 15 is 0 Å². The second kappa shape index (κ2) is 6.35.